The summed E-state index contributed by atoms with van der Waals surface area (Å²) in [6, 6.07) is 0.312. The molecule has 0 bridgehead atoms. The summed E-state index contributed by atoms with van der Waals surface area (Å²) in [6.07, 6.45) is 4.78. The van der Waals surface area contributed by atoms with Gasteiger partial charge in [-0.1, -0.05) is 0 Å². The van der Waals surface area contributed by atoms with Crippen molar-refractivity contribution in [2.45, 2.75) is 57.5 Å². The Morgan fingerprint density at radius 2 is 1.75 bits per heavy atom. The van der Waals surface area contributed by atoms with E-state index in [1.807, 2.05) is 0 Å². The molecule has 2 atom stereocenters. The topological polar surface area (TPSA) is 49.4 Å². The molecule has 2 amide bonds. The van der Waals surface area contributed by atoms with E-state index in [4.69, 9.17) is 0 Å². The number of carbonyl (C=O) groups is 2. The van der Waals surface area contributed by atoms with Crippen molar-refractivity contribution < 1.29 is 9.59 Å². The van der Waals surface area contributed by atoms with E-state index in [1.165, 1.54) is 0 Å². The molecule has 2 aliphatic rings. The van der Waals surface area contributed by atoms with E-state index in [0.717, 1.165) is 32.2 Å². The van der Waals surface area contributed by atoms with Crippen LogP contribution in [0.15, 0.2) is 0 Å². The minimum absolute atomic E-state index is 0.0306. The van der Waals surface area contributed by atoms with Gasteiger partial charge in [0.1, 0.15) is 0 Å². The van der Waals surface area contributed by atoms with Crippen LogP contribution in [-0.2, 0) is 9.59 Å². The van der Waals surface area contributed by atoms with Gasteiger partial charge in [0, 0.05) is 18.9 Å². The van der Waals surface area contributed by atoms with Crippen molar-refractivity contribution in [3.63, 3.8) is 0 Å². The highest BCUT2D eigenvalue weighted by Crippen LogP contribution is 2.21. The number of hydrogen-bond donors (Lipinski definition) is 1. The van der Waals surface area contributed by atoms with Gasteiger partial charge >= 0.3 is 0 Å². The monoisotopic (exact) mass is 224 g/mol. The lowest BCUT2D eigenvalue weighted by Gasteiger charge is -2.37. The zero-order chi connectivity index (χ0) is 11.5. The normalized spacial score (nSPS) is 32.7. The first kappa shape index (κ1) is 11.6. The number of nitrogens with one attached hydrogen (secondary N) is 1. The number of likely N-dealkylation sites (tertiary alicyclic amines) is 1. The Morgan fingerprint density at radius 3 is 2.31 bits per heavy atom. The maximum atomic E-state index is 11.9. The van der Waals surface area contributed by atoms with Gasteiger partial charge < -0.3 is 5.32 Å². The average molecular weight is 224 g/mol. The van der Waals surface area contributed by atoms with Crippen LogP contribution in [0.2, 0.25) is 0 Å². The van der Waals surface area contributed by atoms with E-state index in [0.29, 0.717) is 12.8 Å². The fourth-order valence-electron chi connectivity index (χ4n) is 2.68. The van der Waals surface area contributed by atoms with Crippen LogP contribution in [0.5, 0.6) is 0 Å². The molecule has 0 aliphatic carbocycles. The summed E-state index contributed by atoms with van der Waals surface area (Å²) in [5, 5.41) is 3.34. The lowest BCUT2D eigenvalue weighted by molar-refractivity contribution is -0.147. The predicted molar refractivity (Wildman–Crippen MR) is 60.8 cm³/mol. The quantitative estimate of drug-likeness (QED) is 0.677. The number of rotatable bonds is 1. The van der Waals surface area contributed by atoms with E-state index in [1.54, 1.807) is 4.90 Å². The van der Waals surface area contributed by atoms with Crippen molar-refractivity contribution in [3.05, 3.63) is 0 Å². The molecule has 2 fully saturated rings. The minimum atomic E-state index is 0.0306. The number of carbonyl (C=O) groups excluding carboxylic acids is 2. The van der Waals surface area contributed by atoms with Crippen LogP contribution >= 0.6 is 0 Å². The van der Waals surface area contributed by atoms with Crippen molar-refractivity contribution in [2.24, 2.45) is 0 Å². The van der Waals surface area contributed by atoms with Gasteiger partial charge in [0.15, 0.2) is 0 Å². The van der Waals surface area contributed by atoms with Gasteiger partial charge in [-0.15, -0.1) is 0 Å². The Kier molecular flexibility index (Phi) is 3.59. The second-order valence-corrected chi connectivity index (χ2v) is 4.82. The van der Waals surface area contributed by atoms with Gasteiger partial charge in [-0.25, -0.2) is 0 Å². The third kappa shape index (κ3) is 2.26. The first-order valence-electron chi connectivity index (χ1n) is 6.28. The molecule has 4 nitrogen and oxygen atoms in total. The molecule has 2 saturated heterocycles. The molecule has 0 aromatic rings. The van der Waals surface area contributed by atoms with E-state index in [2.05, 4.69) is 12.2 Å². The third-order valence-corrected chi connectivity index (χ3v) is 3.62. The van der Waals surface area contributed by atoms with Gasteiger partial charge in [-0.05, 0) is 39.2 Å². The van der Waals surface area contributed by atoms with Gasteiger partial charge in [-0.2, -0.15) is 0 Å². The van der Waals surface area contributed by atoms with Gasteiger partial charge in [0.2, 0.25) is 11.8 Å². The Labute approximate surface area is 96.4 Å². The maximum absolute atomic E-state index is 11.9. The molecular formula is C12H20N2O2. The molecule has 2 rings (SSSR count). The zero-order valence-electron chi connectivity index (χ0n) is 9.87. The van der Waals surface area contributed by atoms with Crippen LogP contribution < -0.4 is 5.32 Å². The Bertz CT molecular complexity index is 273. The van der Waals surface area contributed by atoms with Crippen molar-refractivity contribution in [1.29, 1.82) is 0 Å². The largest absolute Gasteiger partial charge is 0.312 e. The smallest absolute Gasteiger partial charge is 0.229 e. The average Bonchev–Trinajstić information content (AvgIpc) is 2.42. The summed E-state index contributed by atoms with van der Waals surface area (Å²) in [6.45, 7) is 3.06. The molecular weight excluding hydrogens is 204 g/mol. The first-order chi connectivity index (χ1) is 7.70. The highest BCUT2D eigenvalue weighted by atomic mass is 16.2. The highest BCUT2D eigenvalue weighted by molar-refractivity contribution is 5.96. The second-order valence-electron chi connectivity index (χ2n) is 4.82. The van der Waals surface area contributed by atoms with Crippen LogP contribution in [0.1, 0.15) is 45.4 Å². The number of hydrogen-bond acceptors (Lipinski definition) is 3. The van der Waals surface area contributed by atoms with E-state index in [-0.39, 0.29) is 23.9 Å². The van der Waals surface area contributed by atoms with Crippen LogP contribution in [0.25, 0.3) is 0 Å². The Morgan fingerprint density at radius 1 is 1.12 bits per heavy atom. The summed E-state index contributed by atoms with van der Waals surface area (Å²) < 4.78 is 0. The first-order valence-corrected chi connectivity index (χ1v) is 6.28. The van der Waals surface area contributed by atoms with E-state index in [9.17, 15) is 9.59 Å². The van der Waals surface area contributed by atoms with Crippen LogP contribution in [-0.4, -0.2) is 35.3 Å². The van der Waals surface area contributed by atoms with Crippen molar-refractivity contribution >= 4 is 11.8 Å². The molecule has 0 radical (unpaired) electrons. The molecule has 4 heteroatoms. The maximum Gasteiger partial charge on any atom is 0.229 e. The molecule has 2 unspecified atom stereocenters. The van der Waals surface area contributed by atoms with Gasteiger partial charge in [-0.3, -0.25) is 14.5 Å². The van der Waals surface area contributed by atoms with Crippen LogP contribution in [0.4, 0.5) is 0 Å². The lowest BCUT2D eigenvalue weighted by Crippen LogP contribution is -2.55. The molecule has 0 aromatic heterocycles. The minimum Gasteiger partial charge on any atom is -0.312 e. The van der Waals surface area contributed by atoms with Crippen molar-refractivity contribution in [1.82, 2.24) is 10.2 Å². The third-order valence-electron chi connectivity index (χ3n) is 3.62. The number of amides is 2. The zero-order valence-corrected chi connectivity index (χ0v) is 9.87. The van der Waals surface area contributed by atoms with Crippen LogP contribution in [0.3, 0.4) is 0 Å². The van der Waals surface area contributed by atoms with E-state index < -0.39 is 0 Å². The number of imide groups is 1. The summed E-state index contributed by atoms with van der Waals surface area (Å²) in [4.78, 5) is 25.4. The molecule has 16 heavy (non-hydrogen) atoms. The SMILES string of the molecule is CC1NCCCC1N1C(=O)CCCCC1=O. The molecule has 1 N–H and O–H groups in total. The fourth-order valence-corrected chi connectivity index (χ4v) is 2.68. The molecule has 2 heterocycles. The molecule has 90 valence electrons. The lowest BCUT2D eigenvalue weighted by atomic mass is 9.97. The summed E-state index contributed by atoms with van der Waals surface area (Å²) in [5.74, 6) is 0.0612. The van der Waals surface area contributed by atoms with Gasteiger partial charge in [0.25, 0.3) is 0 Å². The second kappa shape index (κ2) is 4.95. The predicted octanol–water partition coefficient (Wildman–Crippen LogP) is 1.06. The standard InChI is InChI=1S/C12H20N2O2/c1-9-10(5-4-8-13-9)14-11(15)6-2-3-7-12(14)16/h9-10,13H,2-8H2,1H3. The molecule has 0 aromatic carbocycles. The number of nitrogens with zero attached hydrogens (tertiary/aromatic N) is 1. The molecule has 0 saturated carbocycles. The Balaban J connectivity index is 2.14. The van der Waals surface area contributed by atoms with E-state index >= 15 is 0 Å². The molecule has 0 spiro atoms. The van der Waals surface area contributed by atoms with Crippen LogP contribution in [0, 0.1) is 0 Å². The number of piperidine rings is 1. The van der Waals surface area contributed by atoms with Crippen molar-refractivity contribution in [3.8, 4) is 0 Å². The highest BCUT2D eigenvalue weighted by Gasteiger charge is 2.35. The summed E-state index contributed by atoms with van der Waals surface area (Å²) >= 11 is 0. The summed E-state index contributed by atoms with van der Waals surface area (Å²) in [5.41, 5.74) is 0. The fraction of sp³-hybridized carbons (Fsp3) is 0.833. The Hall–Kier alpha value is -0.900. The summed E-state index contributed by atoms with van der Waals surface area (Å²) in [7, 11) is 0. The van der Waals surface area contributed by atoms with Crippen molar-refractivity contribution in [2.75, 3.05) is 6.54 Å². The van der Waals surface area contributed by atoms with Gasteiger partial charge in [0.05, 0.1) is 6.04 Å². The molecule has 2 aliphatic heterocycles.